The van der Waals surface area contributed by atoms with E-state index in [-0.39, 0.29) is 17.9 Å². The lowest BCUT2D eigenvalue weighted by Gasteiger charge is -2.13. The number of benzene rings is 1. The maximum absolute atomic E-state index is 12.4. The van der Waals surface area contributed by atoms with E-state index in [9.17, 15) is 9.59 Å². The number of amides is 2. The number of ether oxygens (including phenoxy) is 1. The van der Waals surface area contributed by atoms with Crippen LogP contribution in [-0.2, 0) is 4.74 Å². The van der Waals surface area contributed by atoms with Crippen LogP contribution >= 0.6 is 0 Å². The van der Waals surface area contributed by atoms with Gasteiger partial charge in [0.25, 0.3) is 11.8 Å². The molecule has 6 heteroatoms. The Morgan fingerprint density at radius 2 is 2.00 bits per heavy atom. The van der Waals surface area contributed by atoms with E-state index >= 15 is 0 Å². The molecule has 1 saturated heterocycles. The molecule has 2 heterocycles. The average molecular weight is 328 g/mol. The van der Waals surface area contributed by atoms with Gasteiger partial charge in [-0.05, 0) is 38.0 Å². The number of carbonyl (C=O) groups excluding carboxylic acids is 2. The van der Waals surface area contributed by atoms with E-state index in [1.54, 1.807) is 37.3 Å². The van der Waals surface area contributed by atoms with Gasteiger partial charge in [0, 0.05) is 13.2 Å². The van der Waals surface area contributed by atoms with Crippen molar-refractivity contribution in [1.82, 2.24) is 5.32 Å². The largest absolute Gasteiger partial charge is 0.469 e. The van der Waals surface area contributed by atoms with Gasteiger partial charge in [0.2, 0.25) is 0 Å². The summed E-state index contributed by atoms with van der Waals surface area (Å²) in [6.07, 6.45) is 3.52. The van der Waals surface area contributed by atoms with E-state index < -0.39 is 0 Å². The van der Waals surface area contributed by atoms with Crippen LogP contribution in [0.15, 0.2) is 41.0 Å². The summed E-state index contributed by atoms with van der Waals surface area (Å²) >= 11 is 0. The number of anilines is 1. The number of hydrogen-bond donors (Lipinski definition) is 2. The minimum absolute atomic E-state index is 0.0734. The van der Waals surface area contributed by atoms with Crippen molar-refractivity contribution in [2.24, 2.45) is 0 Å². The molecule has 2 amide bonds. The summed E-state index contributed by atoms with van der Waals surface area (Å²) in [6, 6.07) is 8.52. The molecule has 1 fully saturated rings. The molecule has 1 aromatic heterocycles. The number of nitrogens with one attached hydrogen (secondary N) is 2. The first kappa shape index (κ1) is 16.3. The highest BCUT2D eigenvalue weighted by molar-refractivity contribution is 6.09. The molecule has 0 radical (unpaired) electrons. The molecular formula is C18H20N2O4. The molecule has 6 nitrogen and oxygen atoms in total. The third kappa shape index (κ3) is 3.65. The first-order valence-corrected chi connectivity index (χ1v) is 7.99. The number of rotatable bonds is 5. The van der Waals surface area contributed by atoms with Gasteiger partial charge in [-0.25, -0.2) is 0 Å². The average Bonchev–Trinajstić information content (AvgIpc) is 3.24. The Morgan fingerprint density at radius 1 is 1.17 bits per heavy atom. The van der Waals surface area contributed by atoms with E-state index in [0.29, 0.717) is 29.1 Å². The van der Waals surface area contributed by atoms with Crippen molar-refractivity contribution in [3.05, 3.63) is 53.5 Å². The second kappa shape index (κ2) is 7.31. The van der Waals surface area contributed by atoms with E-state index in [1.807, 2.05) is 0 Å². The molecule has 1 atom stereocenters. The van der Waals surface area contributed by atoms with Gasteiger partial charge in [-0.3, -0.25) is 9.59 Å². The highest BCUT2D eigenvalue weighted by atomic mass is 16.5. The Kier molecular flexibility index (Phi) is 4.96. The quantitative estimate of drug-likeness (QED) is 0.884. The van der Waals surface area contributed by atoms with Gasteiger partial charge >= 0.3 is 0 Å². The SMILES string of the molecule is Cc1occc1C(=O)Nc1ccccc1C(=O)NC[C@H]1CCCO1. The van der Waals surface area contributed by atoms with Gasteiger partial charge in [0.05, 0.1) is 29.2 Å². The Morgan fingerprint density at radius 3 is 2.71 bits per heavy atom. The van der Waals surface area contributed by atoms with Crippen LogP contribution in [0.4, 0.5) is 5.69 Å². The zero-order valence-electron chi connectivity index (χ0n) is 13.5. The standard InChI is InChI=1S/C18H20N2O4/c1-12-14(8-10-23-12)18(22)20-16-7-3-2-6-15(16)17(21)19-11-13-5-4-9-24-13/h2-3,6-8,10,13H,4-5,9,11H2,1H3,(H,19,21)(H,20,22)/t13-/m1/s1. The Hall–Kier alpha value is -2.60. The molecular weight excluding hydrogens is 308 g/mol. The maximum Gasteiger partial charge on any atom is 0.259 e. The molecule has 3 rings (SSSR count). The Labute approximate surface area is 140 Å². The normalized spacial score (nSPS) is 16.8. The minimum atomic E-state index is -0.305. The second-order valence-electron chi connectivity index (χ2n) is 5.74. The molecule has 1 aliphatic heterocycles. The smallest absolute Gasteiger partial charge is 0.259 e. The van der Waals surface area contributed by atoms with Crippen molar-refractivity contribution >= 4 is 17.5 Å². The fourth-order valence-corrected chi connectivity index (χ4v) is 2.71. The molecule has 24 heavy (non-hydrogen) atoms. The van der Waals surface area contributed by atoms with Crippen LogP contribution in [0.2, 0.25) is 0 Å². The van der Waals surface area contributed by atoms with Gasteiger partial charge in [0.15, 0.2) is 0 Å². The van der Waals surface area contributed by atoms with Crippen molar-refractivity contribution < 1.29 is 18.7 Å². The van der Waals surface area contributed by atoms with E-state index in [1.165, 1.54) is 6.26 Å². The third-order valence-electron chi connectivity index (χ3n) is 4.04. The summed E-state index contributed by atoms with van der Waals surface area (Å²) in [4.78, 5) is 24.7. The molecule has 126 valence electrons. The maximum atomic E-state index is 12.4. The van der Waals surface area contributed by atoms with E-state index in [0.717, 1.165) is 19.4 Å². The first-order chi connectivity index (χ1) is 11.6. The predicted octanol–water partition coefficient (Wildman–Crippen LogP) is 2.75. The van der Waals surface area contributed by atoms with Crippen molar-refractivity contribution in [1.29, 1.82) is 0 Å². The molecule has 2 N–H and O–H groups in total. The molecule has 0 unspecified atom stereocenters. The minimum Gasteiger partial charge on any atom is -0.469 e. The van der Waals surface area contributed by atoms with Crippen molar-refractivity contribution in [3.63, 3.8) is 0 Å². The molecule has 1 aliphatic rings. The number of furan rings is 1. The lowest BCUT2D eigenvalue weighted by Crippen LogP contribution is -2.32. The van der Waals surface area contributed by atoms with Crippen molar-refractivity contribution in [2.45, 2.75) is 25.9 Å². The summed E-state index contributed by atoms with van der Waals surface area (Å²) < 4.78 is 10.6. The Balaban J connectivity index is 1.69. The number of aryl methyl sites for hydroxylation is 1. The monoisotopic (exact) mass is 328 g/mol. The van der Waals surface area contributed by atoms with Gasteiger partial charge in [0.1, 0.15) is 5.76 Å². The molecule has 1 aromatic carbocycles. The zero-order chi connectivity index (χ0) is 16.9. The zero-order valence-corrected chi connectivity index (χ0v) is 13.5. The topological polar surface area (TPSA) is 80.6 Å². The van der Waals surface area contributed by atoms with E-state index in [4.69, 9.17) is 9.15 Å². The second-order valence-corrected chi connectivity index (χ2v) is 5.74. The molecule has 0 saturated carbocycles. The van der Waals surface area contributed by atoms with Gasteiger partial charge in [-0.1, -0.05) is 12.1 Å². The van der Waals surface area contributed by atoms with Crippen LogP contribution in [0.25, 0.3) is 0 Å². The molecule has 0 aliphatic carbocycles. The number of carbonyl (C=O) groups is 2. The lowest BCUT2D eigenvalue weighted by molar-refractivity contribution is 0.0858. The van der Waals surface area contributed by atoms with Gasteiger partial charge in [-0.2, -0.15) is 0 Å². The van der Waals surface area contributed by atoms with Crippen LogP contribution in [-0.4, -0.2) is 31.1 Å². The van der Waals surface area contributed by atoms with Gasteiger partial charge in [-0.15, -0.1) is 0 Å². The molecule has 0 bridgehead atoms. The third-order valence-corrected chi connectivity index (χ3v) is 4.04. The summed E-state index contributed by atoms with van der Waals surface area (Å²) in [5.74, 6) is -0.00115. The fraction of sp³-hybridized carbons (Fsp3) is 0.333. The first-order valence-electron chi connectivity index (χ1n) is 7.99. The number of para-hydroxylation sites is 1. The predicted molar refractivity (Wildman–Crippen MR) is 89.1 cm³/mol. The lowest BCUT2D eigenvalue weighted by atomic mass is 10.1. The van der Waals surface area contributed by atoms with Crippen LogP contribution in [0.3, 0.4) is 0 Å². The van der Waals surface area contributed by atoms with Crippen LogP contribution in [0.1, 0.15) is 39.3 Å². The highest BCUT2D eigenvalue weighted by Crippen LogP contribution is 2.18. The van der Waals surface area contributed by atoms with Crippen LogP contribution in [0.5, 0.6) is 0 Å². The molecule has 0 spiro atoms. The van der Waals surface area contributed by atoms with E-state index in [2.05, 4.69) is 10.6 Å². The van der Waals surface area contributed by atoms with Crippen LogP contribution < -0.4 is 10.6 Å². The highest BCUT2D eigenvalue weighted by Gasteiger charge is 2.19. The van der Waals surface area contributed by atoms with Crippen molar-refractivity contribution in [3.8, 4) is 0 Å². The summed E-state index contributed by atoms with van der Waals surface area (Å²) in [6.45, 7) is 2.94. The Bertz CT molecular complexity index is 732. The molecule has 2 aromatic rings. The fourth-order valence-electron chi connectivity index (χ4n) is 2.71. The number of hydrogen-bond acceptors (Lipinski definition) is 4. The van der Waals surface area contributed by atoms with Crippen molar-refractivity contribution in [2.75, 3.05) is 18.5 Å². The van der Waals surface area contributed by atoms with Crippen LogP contribution in [0, 0.1) is 6.92 Å². The van der Waals surface area contributed by atoms with Gasteiger partial charge < -0.3 is 19.8 Å². The summed E-state index contributed by atoms with van der Waals surface area (Å²) in [5.41, 5.74) is 1.34. The summed E-state index contributed by atoms with van der Waals surface area (Å²) in [7, 11) is 0. The summed E-state index contributed by atoms with van der Waals surface area (Å²) in [5, 5.41) is 5.64.